The van der Waals surface area contributed by atoms with Crippen molar-refractivity contribution in [3.05, 3.63) is 36.4 Å². The van der Waals surface area contributed by atoms with Gasteiger partial charge in [-0.15, -0.1) is 0 Å². The van der Waals surface area contributed by atoms with E-state index in [0.29, 0.717) is 0 Å². The molecule has 0 fully saturated rings. The molecule has 2 aromatic rings. The Morgan fingerprint density at radius 3 is 2.93 bits per heavy atom. The average molecular weight is 202 g/mol. The molecule has 0 amide bonds. The fraction of sp³-hybridized carbons (Fsp3) is 0.333. The molecule has 0 saturated heterocycles. The van der Waals surface area contributed by atoms with Crippen LogP contribution in [0.1, 0.15) is 5.69 Å². The lowest BCUT2D eigenvalue weighted by Crippen LogP contribution is -2.30. The van der Waals surface area contributed by atoms with Crippen LogP contribution in [-0.4, -0.2) is 23.1 Å². The number of furan rings is 1. The van der Waals surface area contributed by atoms with Gasteiger partial charge in [0.2, 0.25) is 0 Å². The van der Waals surface area contributed by atoms with E-state index in [0.717, 1.165) is 19.6 Å². The van der Waals surface area contributed by atoms with Gasteiger partial charge in [0, 0.05) is 30.9 Å². The summed E-state index contributed by atoms with van der Waals surface area (Å²) in [6, 6.07) is 6.40. The van der Waals surface area contributed by atoms with Crippen LogP contribution in [-0.2, 0) is 13.1 Å². The van der Waals surface area contributed by atoms with Gasteiger partial charge in [-0.2, -0.15) is 0 Å². The number of rotatable bonds is 1. The number of likely N-dealkylation sites (N-methyl/N-ethyl adjacent to an activating group) is 1. The molecule has 78 valence electrons. The molecule has 0 unspecified atom stereocenters. The van der Waals surface area contributed by atoms with Crippen LogP contribution in [0, 0.1) is 0 Å². The Balaban J connectivity index is 2.05. The van der Waals surface area contributed by atoms with Crippen LogP contribution >= 0.6 is 0 Å². The van der Waals surface area contributed by atoms with Gasteiger partial charge in [0.05, 0.1) is 18.2 Å². The predicted molar refractivity (Wildman–Crippen MR) is 58.5 cm³/mol. The molecule has 3 heteroatoms. The molecule has 3 heterocycles. The van der Waals surface area contributed by atoms with Gasteiger partial charge in [-0.3, -0.25) is 4.90 Å². The van der Waals surface area contributed by atoms with E-state index in [1.54, 1.807) is 12.5 Å². The summed E-state index contributed by atoms with van der Waals surface area (Å²) in [7, 11) is 2.16. The van der Waals surface area contributed by atoms with E-state index in [1.165, 1.54) is 17.0 Å². The van der Waals surface area contributed by atoms with E-state index in [-0.39, 0.29) is 0 Å². The van der Waals surface area contributed by atoms with Crippen molar-refractivity contribution in [1.82, 2.24) is 9.47 Å². The number of nitrogens with zero attached hydrogens (tertiary/aromatic N) is 2. The second-order valence-electron chi connectivity index (χ2n) is 4.11. The van der Waals surface area contributed by atoms with Gasteiger partial charge in [0.25, 0.3) is 0 Å². The second-order valence-corrected chi connectivity index (χ2v) is 4.11. The molecule has 0 aliphatic carbocycles. The third kappa shape index (κ3) is 1.39. The van der Waals surface area contributed by atoms with Crippen molar-refractivity contribution in [3.8, 4) is 11.3 Å². The second kappa shape index (κ2) is 3.28. The standard InChI is InChI=1S/C12H14N2O/c1-13-5-6-14-11(8-13)2-3-12(14)10-4-7-15-9-10/h2-4,7,9H,5-6,8H2,1H3. The number of fused-ring (bicyclic) bond motifs is 1. The minimum Gasteiger partial charge on any atom is -0.472 e. The lowest BCUT2D eigenvalue weighted by atomic mass is 10.2. The number of aromatic nitrogens is 1. The van der Waals surface area contributed by atoms with Crippen LogP contribution < -0.4 is 0 Å². The molecule has 0 bridgehead atoms. The highest BCUT2D eigenvalue weighted by Gasteiger charge is 2.16. The van der Waals surface area contributed by atoms with E-state index in [4.69, 9.17) is 4.42 Å². The van der Waals surface area contributed by atoms with Crippen molar-refractivity contribution in [1.29, 1.82) is 0 Å². The van der Waals surface area contributed by atoms with Crippen LogP contribution in [0.25, 0.3) is 11.3 Å². The fourth-order valence-electron chi connectivity index (χ4n) is 2.20. The first kappa shape index (κ1) is 8.80. The molecule has 0 atom stereocenters. The zero-order valence-electron chi connectivity index (χ0n) is 8.81. The highest BCUT2D eigenvalue weighted by atomic mass is 16.3. The van der Waals surface area contributed by atoms with Crippen LogP contribution in [0.5, 0.6) is 0 Å². The van der Waals surface area contributed by atoms with Crippen molar-refractivity contribution in [3.63, 3.8) is 0 Å². The number of hydrogen-bond acceptors (Lipinski definition) is 2. The Hall–Kier alpha value is -1.48. The molecule has 0 radical (unpaired) electrons. The molecule has 0 spiro atoms. The largest absolute Gasteiger partial charge is 0.472 e. The Morgan fingerprint density at radius 2 is 2.13 bits per heavy atom. The summed E-state index contributed by atoms with van der Waals surface area (Å²) in [4.78, 5) is 2.34. The average Bonchev–Trinajstić information content (AvgIpc) is 2.82. The first-order valence-electron chi connectivity index (χ1n) is 5.24. The van der Waals surface area contributed by atoms with Gasteiger partial charge in [-0.05, 0) is 25.2 Å². The molecule has 0 saturated carbocycles. The lowest BCUT2D eigenvalue weighted by molar-refractivity contribution is 0.271. The molecule has 3 rings (SSSR count). The molecule has 1 aliphatic rings. The summed E-state index contributed by atoms with van der Waals surface area (Å²) in [5.74, 6) is 0. The maximum Gasteiger partial charge on any atom is 0.0995 e. The summed E-state index contributed by atoms with van der Waals surface area (Å²) in [6.07, 6.45) is 3.53. The quantitative estimate of drug-likeness (QED) is 0.707. The molecule has 3 nitrogen and oxygen atoms in total. The molecule has 2 aromatic heterocycles. The lowest BCUT2D eigenvalue weighted by Gasteiger charge is -2.25. The Morgan fingerprint density at radius 1 is 1.20 bits per heavy atom. The topological polar surface area (TPSA) is 21.3 Å². The summed E-state index contributed by atoms with van der Waals surface area (Å²) < 4.78 is 7.51. The van der Waals surface area contributed by atoms with Gasteiger partial charge >= 0.3 is 0 Å². The SMILES string of the molecule is CN1CCn2c(ccc2-c2ccoc2)C1. The molecule has 0 aromatic carbocycles. The summed E-state index contributed by atoms with van der Waals surface area (Å²) in [5.41, 5.74) is 3.83. The predicted octanol–water partition coefficient (Wildman–Crippen LogP) is 2.19. The van der Waals surface area contributed by atoms with E-state index >= 15 is 0 Å². The van der Waals surface area contributed by atoms with E-state index in [2.05, 4.69) is 28.6 Å². The van der Waals surface area contributed by atoms with Crippen molar-refractivity contribution < 1.29 is 4.42 Å². The van der Waals surface area contributed by atoms with Gasteiger partial charge in [-0.1, -0.05) is 0 Å². The monoisotopic (exact) mass is 202 g/mol. The molecule has 15 heavy (non-hydrogen) atoms. The van der Waals surface area contributed by atoms with Gasteiger partial charge < -0.3 is 8.98 Å². The highest BCUT2D eigenvalue weighted by molar-refractivity contribution is 5.59. The normalized spacial score (nSPS) is 16.6. The van der Waals surface area contributed by atoms with Crippen molar-refractivity contribution in [2.45, 2.75) is 13.1 Å². The minimum atomic E-state index is 1.04. The first-order valence-corrected chi connectivity index (χ1v) is 5.24. The molecule has 0 N–H and O–H groups in total. The Bertz CT molecular complexity index is 456. The van der Waals surface area contributed by atoms with Crippen molar-refractivity contribution in [2.24, 2.45) is 0 Å². The van der Waals surface area contributed by atoms with Gasteiger partial charge in [0.15, 0.2) is 0 Å². The molecular weight excluding hydrogens is 188 g/mol. The summed E-state index contributed by atoms with van der Waals surface area (Å²) in [6.45, 7) is 3.23. The highest BCUT2D eigenvalue weighted by Crippen LogP contribution is 2.25. The summed E-state index contributed by atoms with van der Waals surface area (Å²) >= 11 is 0. The zero-order chi connectivity index (χ0) is 10.3. The molecular formula is C12H14N2O. The van der Waals surface area contributed by atoms with E-state index in [9.17, 15) is 0 Å². The third-order valence-electron chi connectivity index (χ3n) is 3.03. The Kier molecular flexibility index (Phi) is 1.92. The third-order valence-corrected chi connectivity index (χ3v) is 3.03. The van der Waals surface area contributed by atoms with Crippen molar-refractivity contribution in [2.75, 3.05) is 13.6 Å². The fourth-order valence-corrected chi connectivity index (χ4v) is 2.20. The first-order chi connectivity index (χ1) is 7.34. The molecule has 1 aliphatic heterocycles. The van der Waals surface area contributed by atoms with Crippen LogP contribution in [0.2, 0.25) is 0 Å². The number of hydrogen-bond donors (Lipinski definition) is 0. The maximum absolute atomic E-state index is 5.13. The van der Waals surface area contributed by atoms with Crippen molar-refractivity contribution >= 4 is 0 Å². The summed E-state index contributed by atoms with van der Waals surface area (Å²) in [5, 5.41) is 0. The zero-order valence-corrected chi connectivity index (χ0v) is 8.81. The van der Waals surface area contributed by atoms with E-state index in [1.807, 2.05) is 6.07 Å². The smallest absolute Gasteiger partial charge is 0.0995 e. The Labute approximate surface area is 88.9 Å². The van der Waals surface area contributed by atoms with Crippen LogP contribution in [0.4, 0.5) is 0 Å². The van der Waals surface area contributed by atoms with Gasteiger partial charge in [-0.25, -0.2) is 0 Å². The minimum absolute atomic E-state index is 1.04. The maximum atomic E-state index is 5.13. The van der Waals surface area contributed by atoms with Crippen LogP contribution in [0.3, 0.4) is 0 Å². The van der Waals surface area contributed by atoms with Gasteiger partial charge in [0.1, 0.15) is 0 Å². The van der Waals surface area contributed by atoms with E-state index < -0.39 is 0 Å². The van der Waals surface area contributed by atoms with Crippen LogP contribution in [0.15, 0.2) is 35.1 Å².